The first-order valence-electron chi connectivity index (χ1n) is 13.8. The van der Waals surface area contributed by atoms with Gasteiger partial charge in [0.2, 0.25) is 23.6 Å². The minimum Gasteiger partial charge on any atom is -0.471 e. The van der Waals surface area contributed by atoms with E-state index < -0.39 is 0 Å². The monoisotopic (exact) mass is 573 g/mol. The average molecular weight is 574 g/mol. The molecule has 0 unspecified atom stereocenters. The number of aromatic amines is 1. The molecule has 1 aliphatic rings. The zero-order valence-electron chi connectivity index (χ0n) is 23.8. The zero-order valence-corrected chi connectivity index (χ0v) is 23.8. The molecule has 10 heteroatoms. The molecule has 0 aliphatic carbocycles. The molecule has 0 bridgehead atoms. The Kier molecular flexibility index (Phi) is 8.93. The van der Waals surface area contributed by atoms with Crippen molar-refractivity contribution in [3.8, 4) is 17.7 Å². The number of imidazole rings is 1. The van der Waals surface area contributed by atoms with Gasteiger partial charge >= 0.3 is 0 Å². The van der Waals surface area contributed by atoms with Crippen LogP contribution in [0, 0.1) is 11.8 Å². The SMILES string of the molecule is C=CC1=C(/C=C\C)C#Cc2ccccc2N(C(=O)CCC(=O)NCc2ccc(COc3nc(N)nc4nc[nH]c34)cc2)C1. The number of nitrogens with two attached hydrogens (primary N) is 1. The van der Waals surface area contributed by atoms with Crippen molar-refractivity contribution in [3.05, 3.63) is 108 Å². The van der Waals surface area contributed by atoms with Crippen molar-refractivity contribution in [2.24, 2.45) is 0 Å². The number of nitrogens with one attached hydrogen (secondary N) is 2. The van der Waals surface area contributed by atoms with Crippen LogP contribution in [0.2, 0.25) is 0 Å². The second kappa shape index (κ2) is 13.3. The van der Waals surface area contributed by atoms with Gasteiger partial charge in [0.25, 0.3) is 0 Å². The first kappa shape index (κ1) is 28.8. The Hall–Kier alpha value is -5.69. The highest BCUT2D eigenvalue weighted by Crippen LogP contribution is 2.26. The highest BCUT2D eigenvalue weighted by Gasteiger charge is 2.22. The van der Waals surface area contributed by atoms with Gasteiger partial charge in [-0.05, 0) is 35.8 Å². The van der Waals surface area contributed by atoms with Crippen LogP contribution in [0.3, 0.4) is 0 Å². The van der Waals surface area contributed by atoms with Gasteiger partial charge < -0.3 is 25.7 Å². The third kappa shape index (κ3) is 6.97. The van der Waals surface area contributed by atoms with Gasteiger partial charge in [-0.25, -0.2) is 4.98 Å². The number of carbonyl (C=O) groups excluding carboxylic acids is 2. The van der Waals surface area contributed by atoms with E-state index in [-0.39, 0.29) is 37.2 Å². The number of rotatable bonds is 10. The van der Waals surface area contributed by atoms with Gasteiger partial charge in [0, 0.05) is 30.5 Å². The van der Waals surface area contributed by atoms with Gasteiger partial charge in [-0.1, -0.05) is 73.0 Å². The Morgan fingerprint density at radius 2 is 1.91 bits per heavy atom. The standard InChI is InChI=1S/C33H31N7O3/c1-3-7-25-14-15-26-8-5-6-9-27(26)40(19-24(25)4-2)29(42)17-16-28(41)35-18-22-10-12-23(13-11-22)20-43-32-30-31(37-21-36-30)38-33(34)39-32/h3-13,21H,2,16-20H2,1H3,(H,35,41)(H3,34,36,37,38,39)/b7-3-,25-24?. The van der Waals surface area contributed by atoms with Gasteiger partial charge in [0.1, 0.15) is 12.1 Å². The van der Waals surface area contributed by atoms with Crippen LogP contribution in [0.1, 0.15) is 36.5 Å². The normalized spacial score (nSPS) is 12.7. The van der Waals surface area contributed by atoms with Crippen molar-refractivity contribution in [1.82, 2.24) is 25.3 Å². The molecule has 1 aliphatic heterocycles. The van der Waals surface area contributed by atoms with Gasteiger partial charge in [0.15, 0.2) is 5.65 Å². The minimum absolute atomic E-state index is 0.0599. The van der Waals surface area contributed by atoms with Crippen LogP contribution >= 0.6 is 0 Å². The Labute approximate surface area is 249 Å². The molecular weight excluding hydrogens is 542 g/mol. The van der Waals surface area contributed by atoms with E-state index in [1.807, 2.05) is 67.6 Å². The second-order valence-electron chi connectivity index (χ2n) is 9.76. The van der Waals surface area contributed by atoms with Crippen LogP contribution in [0.15, 0.2) is 90.8 Å². The molecular formula is C33H31N7O3. The molecule has 0 radical (unpaired) electrons. The number of benzene rings is 2. The Balaban J connectivity index is 1.15. The molecule has 5 rings (SSSR count). The van der Waals surface area contributed by atoms with Crippen LogP contribution in [0.5, 0.6) is 5.88 Å². The minimum atomic E-state index is -0.208. The molecule has 2 aromatic carbocycles. The maximum atomic E-state index is 13.4. The molecule has 2 aromatic heterocycles. The molecule has 0 saturated heterocycles. The largest absolute Gasteiger partial charge is 0.471 e. The predicted molar refractivity (Wildman–Crippen MR) is 166 cm³/mol. The Morgan fingerprint density at radius 1 is 1.12 bits per heavy atom. The van der Waals surface area contributed by atoms with Crippen molar-refractivity contribution in [3.63, 3.8) is 0 Å². The van der Waals surface area contributed by atoms with E-state index >= 15 is 0 Å². The predicted octanol–water partition coefficient (Wildman–Crippen LogP) is 4.37. The number of fused-ring (bicyclic) bond motifs is 2. The first-order valence-corrected chi connectivity index (χ1v) is 13.8. The summed E-state index contributed by atoms with van der Waals surface area (Å²) in [5, 5.41) is 2.90. The van der Waals surface area contributed by atoms with E-state index in [0.717, 1.165) is 33.5 Å². The maximum Gasteiger partial charge on any atom is 0.245 e. The molecule has 4 N–H and O–H groups in total. The fourth-order valence-electron chi connectivity index (χ4n) is 4.56. The smallest absolute Gasteiger partial charge is 0.245 e. The van der Waals surface area contributed by atoms with Crippen molar-refractivity contribution in [2.75, 3.05) is 17.2 Å². The third-order valence-corrected chi connectivity index (χ3v) is 6.81. The Bertz CT molecular complexity index is 1790. The number of nitrogen functional groups attached to an aromatic ring is 1. The summed E-state index contributed by atoms with van der Waals surface area (Å²) >= 11 is 0. The van der Waals surface area contributed by atoms with Gasteiger partial charge in [-0.3, -0.25) is 9.59 Å². The van der Waals surface area contributed by atoms with Crippen LogP contribution in [0.4, 0.5) is 11.6 Å². The summed E-state index contributed by atoms with van der Waals surface area (Å²) in [7, 11) is 0. The zero-order chi connectivity index (χ0) is 30.2. The summed E-state index contributed by atoms with van der Waals surface area (Å²) in [6.45, 7) is 6.77. The number of H-pyrrole nitrogens is 1. The quantitative estimate of drug-likeness (QED) is 0.240. The maximum absolute atomic E-state index is 13.4. The number of nitrogens with zero attached hydrogens (tertiary/aromatic N) is 4. The average Bonchev–Trinajstić information content (AvgIpc) is 3.49. The molecule has 43 heavy (non-hydrogen) atoms. The van der Waals surface area contributed by atoms with E-state index in [0.29, 0.717) is 30.1 Å². The highest BCUT2D eigenvalue weighted by atomic mass is 16.5. The summed E-state index contributed by atoms with van der Waals surface area (Å²) in [5.74, 6) is 6.42. The van der Waals surface area contributed by atoms with Crippen molar-refractivity contribution in [2.45, 2.75) is 32.9 Å². The first-order chi connectivity index (χ1) is 20.9. The van der Waals surface area contributed by atoms with Crippen molar-refractivity contribution in [1.29, 1.82) is 0 Å². The second-order valence-corrected chi connectivity index (χ2v) is 9.76. The van der Waals surface area contributed by atoms with E-state index in [1.54, 1.807) is 11.0 Å². The lowest BCUT2D eigenvalue weighted by Gasteiger charge is -2.26. The number of allylic oxidation sites excluding steroid dienone is 3. The topological polar surface area (TPSA) is 139 Å². The number of amides is 2. The molecule has 10 nitrogen and oxygen atoms in total. The Morgan fingerprint density at radius 3 is 2.70 bits per heavy atom. The lowest BCUT2D eigenvalue weighted by atomic mass is 10.0. The summed E-state index contributed by atoms with van der Waals surface area (Å²) < 4.78 is 5.83. The van der Waals surface area contributed by atoms with Crippen LogP contribution in [-0.4, -0.2) is 38.3 Å². The third-order valence-electron chi connectivity index (χ3n) is 6.81. The number of aromatic nitrogens is 4. The number of anilines is 2. The number of hydrogen-bond donors (Lipinski definition) is 3. The lowest BCUT2D eigenvalue weighted by Crippen LogP contribution is -2.35. The molecule has 4 aromatic rings. The molecule has 0 fully saturated rings. The number of hydrogen-bond acceptors (Lipinski definition) is 7. The van der Waals surface area contributed by atoms with E-state index in [9.17, 15) is 9.59 Å². The number of ether oxygens (including phenoxy) is 1. The summed E-state index contributed by atoms with van der Waals surface area (Å²) in [6, 6.07) is 15.2. The fraction of sp³-hybridized carbons (Fsp3) is 0.182. The molecule has 0 saturated carbocycles. The van der Waals surface area contributed by atoms with Crippen molar-refractivity contribution >= 4 is 34.6 Å². The molecule has 2 amide bonds. The molecule has 0 spiro atoms. The van der Waals surface area contributed by atoms with Crippen molar-refractivity contribution < 1.29 is 14.3 Å². The van der Waals surface area contributed by atoms with Crippen LogP contribution in [-0.2, 0) is 22.7 Å². The van der Waals surface area contributed by atoms with E-state index in [1.165, 1.54) is 6.33 Å². The number of para-hydroxylation sites is 1. The summed E-state index contributed by atoms with van der Waals surface area (Å²) in [4.78, 5) is 43.0. The summed E-state index contributed by atoms with van der Waals surface area (Å²) in [5.41, 5.74) is 11.7. The van der Waals surface area contributed by atoms with Crippen LogP contribution in [0.25, 0.3) is 11.2 Å². The molecule has 0 atom stereocenters. The van der Waals surface area contributed by atoms with E-state index in [4.69, 9.17) is 10.5 Å². The van der Waals surface area contributed by atoms with Gasteiger partial charge in [-0.15, -0.1) is 0 Å². The highest BCUT2D eigenvalue weighted by molar-refractivity contribution is 5.97. The van der Waals surface area contributed by atoms with E-state index in [2.05, 4.69) is 43.7 Å². The van der Waals surface area contributed by atoms with Gasteiger partial charge in [0.05, 0.1) is 18.6 Å². The summed E-state index contributed by atoms with van der Waals surface area (Å²) in [6.07, 6.45) is 7.19. The molecule has 3 heterocycles. The lowest BCUT2D eigenvalue weighted by molar-refractivity contribution is -0.125. The number of carbonyl (C=O) groups is 2. The molecule has 216 valence electrons. The fourth-order valence-corrected chi connectivity index (χ4v) is 4.56. The van der Waals surface area contributed by atoms with Gasteiger partial charge in [-0.2, -0.15) is 9.97 Å². The van der Waals surface area contributed by atoms with Crippen LogP contribution < -0.4 is 20.7 Å².